The maximum Gasteiger partial charge on any atom is 0.282 e. The summed E-state index contributed by atoms with van der Waals surface area (Å²) in [4.78, 5) is 4.06. The first-order chi connectivity index (χ1) is 17.1. The van der Waals surface area contributed by atoms with Crippen molar-refractivity contribution in [2.45, 2.75) is 32.9 Å². The van der Waals surface area contributed by atoms with Crippen molar-refractivity contribution in [1.29, 1.82) is 0 Å². The molecule has 1 atom stereocenters. The maximum absolute atomic E-state index is 14.4. The zero-order valence-corrected chi connectivity index (χ0v) is 21.4. The van der Waals surface area contributed by atoms with Crippen molar-refractivity contribution in [2.24, 2.45) is 7.05 Å². The number of aryl methyl sites for hydroxylation is 2. The van der Waals surface area contributed by atoms with E-state index in [2.05, 4.69) is 37.7 Å². The Labute approximate surface area is 214 Å². The lowest BCUT2D eigenvalue weighted by atomic mass is 9.93. The van der Waals surface area contributed by atoms with Crippen LogP contribution in [0.5, 0.6) is 5.75 Å². The largest absolute Gasteiger partial charge is 0.482 e. The number of benzene rings is 1. The molecular weight excluding hydrogens is 537 g/mol. The van der Waals surface area contributed by atoms with E-state index in [1.165, 1.54) is 16.8 Å². The number of anilines is 1. The average Bonchev–Trinajstić information content (AvgIpc) is 3.45. The van der Waals surface area contributed by atoms with E-state index in [1.807, 2.05) is 6.92 Å². The summed E-state index contributed by atoms with van der Waals surface area (Å²) in [5.41, 5.74) is 8.15. The number of pyridine rings is 1. The maximum atomic E-state index is 14.4. The van der Waals surface area contributed by atoms with Crippen LogP contribution in [0.3, 0.4) is 0 Å². The van der Waals surface area contributed by atoms with Gasteiger partial charge in [0.05, 0.1) is 0 Å². The fourth-order valence-corrected chi connectivity index (χ4v) is 4.22. The molecule has 1 aromatic carbocycles. The zero-order chi connectivity index (χ0) is 26.1. The van der Waals surface area contributed by atoms with Crippen LogP contribution in [0.25, 0.3) is 16.8 Å². The Hall–Kier alpha value is -3.60. The van der Waals surface area contributed by atoms with Gasteiger partial charge in [-0.1, -0.05) is 6.58 Å². The second-order valence-corrected chi connectivity index (χ2v) is 9.07. The fourth-order valence-electron chi connectivity index (χ4n) is 3.91. The van der Waals surface area contributed by atoms with Gasteiger partial charge in [-0.05, 0) is 59.6 Å². The standard InChI is InChI=1S/C25H24BrF3N6O/c1-5-35-12-20(23(33-35)24(28)29)13(2)19-11-34(4)32-22(19)17-7-6-16(27)9-18(17)14(3)36-21-8-15(26)10-31-25(21)30/h6-12,14,24H,2,5H2,1,3-4H3,(H2,30,31)/t14-/m1/s1. The van der Waals surface area contributed by atoms with Crippen molar-refractivity contribution in [2.75, 3.05) is 5.73 Å². The summed E-state index contributed by atoms with van der Waals surface area (Å²) in [7, 11) is 1.71. The summed E-state index contributed by atoms with van der Waals surface area (Å²) in [5, 5.41) is 8.55. The molecule has 0 aliphatic rings. The summed E-state index contributed by atoms with van der Waals surface area (Å²) < 4.78 is 51.6. The number of nitrogens with zero attached hydrogens (tertiary/aromatic N) is 5. The quantitative estimate of drug-likeness (QED) is 0.272. The Kier molecular flexibility index (Phi) is 7.21. The SMILES string of the molecule is C=C(c1cn(C)nc1-c1ccc(F)cc1[C@@H](C)Oc1cc(Br)cnc1N)c1cn(CC)nc1C(F)F. The van der Waals surface area contributed by atoms with Crippen molar-refractivity contribution in [1.82, 2.24) is 24.5 Å². The van der Waals surface area contributed by atoms with Crippen LogP contribution in [0.15, 0.2) is 53.9 Å². The summed E-state index contributed by atoms with van der Waals surface area (Å²) in [6.45, 7) is 8.08. The fraction of sp³-hybridized carbons (Fsp3) is 0.240. The predicted molar refractivity (Wildman–Crippen MR) is 135 cm³/mol. The van der Waals surface area contributed by atoms with Gasteiger partial charge in [-0.3, -0.25) is 9.36 Å². The lowest BCUT2D eigenvalue weighted by Gasteiger charge is -2.19. The molecule has 3 aromatic heterocycles. The van der Waals surface area contributed by atoms with Crippen molar-refractivity contribution in [3.8, 4) is 17.0 Å². The van der Waals surface area contributed by atoms with Gasteiger partial charge in [-0.25, -0.2) is 18.2 Å². The van der Waals surface area contributed by atoms with Crippen LogP contribution in [0, 0.1) is 5.82 Å². The van der Waals surface area contributed by atoms with Crippen LogP contribution >= 0.6 is 15.9 Å². The third kappa shape index (κ3) is 5.01. The third-order valence-electron chi connectivity index (χ3n) is 5.66. The Morgan fingerprint density at radius 3 is 2.64 bits per heavy atom. The van der Waals surface area contributed by atoms with Gasteiger partial charge in [0.25, 0.3) is 6.43 Å². The smallest absolute Gasteiger partial charge is 0.282 e. The van der Waals surface area contributed by atoms with E-state index in [4.69, 9.17) is 10.5 Å². The second kappa shape index (κ2) is 10.2. The number of nitrogen functional groups attached to an aromatic ring is 1. The number of alkyl halides is 2. The highest BCUT2D eigenvalue weighted by Gasteiger charge is 2.26. The lowest BCUT2D eigenvalue weighted by molar-refractivity contribution is 0.144. The second-order valence-electron chi connectivity index (χ2n) is 8.16. The minimum atomic E-state index is -2.77. The average molecular weight is 561 g/mol. The first kappa shape index (κ1) is 25.5. The van der Waals surface area contributed by atoms with Gasteiger partial charge in [0, 0.05) is 58.9 Å². The Bertz CT molecular complexity index is 1430. The minimum Gasteiger partial charge on any atom is -0.482 e. The first-order valence-electron chi connectivity index (χ1n) is 11.0. The number of aromatic nitrogens is 5. The van der Waals surface area contributed by atoms with Crippen molar-refractivity contribution >= 4 is 27.3 Å². The predicted octanol–water partition coefficient (Wildman–Crippen LogP) is 6.32. The van der Waals surface area contributed by atoms with Gasteiger partial charge in [0.1, 0.15) is 23.3 Å². The molecule has 36 heavy (non-hydrogen) atoms. The van der Waals surface area contributed by atoms with E-state index in [0.717, 1.165) is 0 Å². The molecule has 0 saturated heterocycles. The molecule has 7 nitrogen and oxygen atoms in total. The zero-order valence-electron chi connectivity index (χ0n) is 19.8. The van der Waals surface area contributed by atoms with Gasteiger partial charge >= 0.3 is 0 Å². The molecular formula is C25H24BrF3N6O. The van der Waals surface area contributed by atoms with Gasteiger partial charge in [0.15, 0.2) is 11.6 Å². The van der Waals surface area contributed by atoms with Crippen LogP contribution in [-0.2, 0) is 13.6 Å². The number of ether oxygens (including phenoxy) is 1. The van der Waals surface area contributed by atoms with Gasteiger partial charge in [0.2, 0.25) is 0 Å². The topological polar surface area (TPSA) is 83.8 Å². The van der Waals surface area contributed by atoms with E-state index >= 15 is 0 Å². The van der Waals surface area contributed by atoms with Gasteiger partial charge in [-0.2, -0.15) is 10.2 Å². The molecule has 0 unspecified atom stereocenters. The Morgan fingerprint density at radius 2 is 1.94 bits per heavy atom. The van der Waals surface area contributed by atoms with E-state index in [0.29, 0.717) is 44.7 Å². The molecule has 0 spiro atoms. The monoisotopic (exact) mass is 560 g/mol. The summed E-state index contributed by atoms with van der Waals surface area (Å²) in [6, 6.07) is 5.91. The van der Waals surface area contributed by atoms with Crippen LogP contribution in [0.1, 0.15) is 48.8 Å². The number of nitrogens with two attached hydrogens (primary N) is 1. The van der Waals surface area contributed by atoms with Crippen LogP contribution < -0.4 is 10.5 Å². The Balaban J connectivity index is 1.80. The van der Waals surface area contributed by atoms with Crippen LogP contribution in [0.2, 0.25) is 0 Å². The first-order valence-corrected chi connectivity index (χ1v) is 11.8. The summed E-state index contributed by atoms with van der Waals surface area (Å²) in [6.07, 6.45) is 1.34. The number of hydrogen-bond acceptors (Lipinski definition) is 5. The highest BCUT2D eigenvalue weighted by molar-refractivity contribution is 9.10. The molecule has 0 aliphatic heterocycles. The molecule has 3 heterocycles. The molecule has 4 aromatic rings. The molecule has 0 bridgehead atoms. The van der Waals surface area contributed by atoms with Gasteiger partial charge < -0.3 is 10.5 Å². The Morgan fingerprint density at radius 1 is 1.19 bits per heavy atom. The summed E-state index contributed by atoms with van der Waals surface area (Å²) >= 11 is 3.34. The van der Waals surface area contributed by atoms with Crippen molar-refractivity contribution in [3.63, 3.8) is 0 Å². The van der Waals surface area contributed by atoms with E-state index < -0.39 is 18.3 Å². The van der Waals surface area contributed by atoms with Crippen LogP contribution in [-0.4, -0.2) is 24.5 Å². The van der Waals surface area contributed by atoms with Crippen molar-refractivity contribution in [3.05, 3.63) is 82.1 Å². The number of rotatable bonds is 8. The third-order valence-corrected chi connectivity index (χ3v) is 6.09. The normalized spacial score (nSPS) is 12.2. The molecule has 0 saturated carbocycles. The minimum absolute atomic E-state index is 0.183. The van der Waals surface area contributed by atoms with Crippen molar-refractivity contribution < 1.29 is 17.9 Å². The highest BCUT2D eigenvalue weighted by Crippen LogP contribution is 2.39. The molecule has 0 amide bonds. The highest BCUT2D eigenvalue weighted by atomic mass is 79.9. The van der Waals surface area contributed by atoms with E-state index in [-0.39, 0.29) is 17.1 Å². The van der Waals surface area contributed by atoms with E-state index in [9.17, 15) is 13.2 Å². The number of hydrogen-bond donors (Lipinski definition) is 1. The summed E-state index contributed by atoms with van der Waals surface area (Å²) in [5.74, 6) is 0.0405. The molecule has 0 fully saturated rings. The molecule has 11 heteroatoms. The molecule has 0 aliphatic carbocycles. The molecule has 0 radical (unpaired) electrons. The van der Waals surface area contributed by atoms with Crippen LogP contribution in [0.4, 0.5) is 19.0 Å². The van der Waals surface area contributed by atoms with E-state index in [1.54, 1.807) is 49.4 Å². The molecule has 188 valence electrons. The van der Waals surface area contributed by atoms with Gasteiger partial charge in [-0.15, -0.1) is 0 Å². The number of halogens is 4. The molecule has 4 rings (SSSR count). The molecule has 2 N–H and O–H groups in total. The lowest BCUT2D eigenvalue weighted by Crippen LogP contribution is -2.08.